The van der Waals surface area contributed by atoms with Crippen molar-refractivity contribution < 1.29 is 4.74 Å². The summed E-state index contributed by atoms with van der Waals surface area (Å²) in [4.78, 5) is 2.46. The van der Waals surface area contributed by atoms with E-state index in [0.29, 0.717) is 0 Å². The van der Waals surface area contributed by atoms with Crippen molar-refractivity contribution in [2.24, 2.45) is 5.92 Å². The Bertz CT molecular complexity index is 145. The number of likely N-dealkylation sites (N-methyl/N-ethyl adjacent to an activating group) is 1. The molecule has 3 nitrogen and oxygen atoms in total. The standard InChI is InChI=1S/C11H22N2O/c1-13(7-10-4-6-14-9-10)8-11-3-2-5-12-11/h10-12H,2-9H2,1H3. The summed E-state index contributed by atoms with van der Waals surface area (Å²) in [5.41, 5.74) is 0. The molecular formula is C11H22N2O. The van der Waals surface area contributed by atoms with Gasteiger partial charge in [0.05, 0.1) is 6.61 Å². The lowest BCUT2D eigenvalue weighted by atomic mass is 10.1. The van der Waals surface area contributed by atoms with Gasteiger partial charge in [-0.15, -0.1) is 0 Å². The topological polar surface area (TPSA) is 24.5 Å². The highest BCUT2D eigenvalue weighted by molar-refractivity contribution is 4.78. The minimum Gasteiger partial charge on any atom is -0.381 e. The maximum atomic E-state index is 5.39. The zero-order chi connectivity index (χ0) is 9.80. The summed E-state index contributed by atoms with van der Waals surface area (Å²) in [7, 11) is 2.23. The average Bonchev–Trinajstić information content (AvgIpc) is 2.76. The van der Waals surface area contributed by atoms with Gasteiger partial charge >= 0.3 is 0 Å². The third-order valence-corrected chi connectivity index (χ3v) is 3.29. The van der Waals surface area contributed by atoms with Crippen LogP contribution in [-0.4, -0.2) is 50.8 Å². The number of nitrogens with one attached hydrogen (secondary N) is 1. The van der Waals surface area contributed by atoms with Gasteiger partial charge in [-0.3, -0.25) is 0 Å². The van der Waals surface area contributed by atoms with Gasteiger partial charge in [-0.2, -0.15) is 0 Å². The summed E-state index contributed by atoms with van der Waals surface area (Å²) in [5.74, 6) is 0.779. The zero-order valence-electron chi connectivity index (χ0n) is 9.17. The highest BCUT2D eigenvalue weighted by Crippen LogP contribution is 2.14. The van der Waals surface area contributed by atoms with Crippen LogP contribution in [0.1, 0.15) is 19.3 Å². The Hall–Kier alpha value is -0.120. The SMILES string of the molecule is CN(CC1CCOC1)CC1CCCN1. The molecule has 2 saturated heterocycles. The number of ether oxygens (including phenoxy) is 1. The van der Waals surface area contributed by atoms with Crippen molar-refractivity contribution in [3.8, 4) is 0 Å². The van der Waals surface area contributed by atoms with E-state index in [1.807, 2.05) is 0 Å². The summed E-state index contributed by atoms with van der Waals surface area (Å²) in [6.07, 6.45) is 3.96. The molecule has 2 atom stereocenters. The van der Waals surface area contributed by atoms with E-state index in [2.05, 4.69) is 17.3 Å². The average molecular weight is 198 g/mol. The first-order valence-corrected chi connectivity index (χ1v) is 5.84. The quantitative estimate of drug-likeness (QED) is 0.720. The molecule has 0 spiro atoms. The first-order valence-electron chi connectivity index (χ1n) is 5.84. The molecule has 14 heavy (non-hydrogen) atoms. The lowest BCUT2D eigenvalue weighted by Gasteiger charge is -2.23. The smallest absolute Gasteiger partial charge is 0.0507 e. The van der Waals surface area contributed by atoms with E-state index in [4.69, 9.17) is 4.74 Å². The van der Waals surface area contributed by atoms with E-state index in [1.165, 1.54) is 38.9 Å². The van der Waals surface area contributed by atoms with Gasteiger partial charge in [0.1, 0.15) is 0 Å². The molecule has 2 rings (SSSR count). The predicted octanol–water partition coefficient (Wildman–Crippen LogP) is 0.707. The van der Waals surface area contributed by atoms with Crippen molar-refractivity contribution in [2.45, 2.75) is 25.3 Å². The second kappa shape index (κ2) is 5.10. The predicted molar refractivity (Wildman–Crippen MR) is 57.4 cm³/mol. The van der Waals surface area contributed by atoms with Crippen molar-refractivity contribution in [1.29, 1.82) is 0 Å². The lowest BCUT2D eigenvalue weighted by Crippen LogP contribution is -2.37. The molecule has 2 aliphatic heterocycles. The van der Waals surface area contributed by atoms with Gasteiger partial charge < -0.3 is 15.0 Å². The monoisotopic (exact) mass is 198 g/mol. The second-order valence-corrected chi connectivity index (χ2v) is 4.74. The third-order valence-electron chi connectivity index (χ3n) is 3.29. The molecule has 2 heterocycles. The van der Waals surface area contributed by atoms with E-state index >= 15 is 0 Å². The first-order chi connectivity index (χ1) is 6.84. The fraction of sp³-hybridized carbons (Fsp3) is 1.00. The maximum absolute atomic E-state index is 5.39. The van der Waals surface area contributed by atoms with E-state index in [-0.39, 0.29) is 0 Å². The van der Waals surface area contributed by atoms with Crippen LogP contribution in [0.25, 0.3) is 0 Å². The van der Waals surface area contributed by atoms with Gasteiger partial charge in [0.15, 0.2) is 0 Å². The van der Waals surface area contributed by atoms with E-state index < -0.39 is 0 Å². The summed E-state index contributed by atoms with van der Waals surface area (Å²) >= 11 is 0. The molecule has 0 radical (unpaired) electrons. The number of hydrogen-bond acceptors (Lipinski definition) is 3. The molecule has 2 unspecified atom stereocenters. The van der Waals surface area contributed by atoms with Crippen LogP contribution in [0.3, 0.4) is 0 Å². The Balaban J connectivity index is 1.64. The normalized spacial score (nSPS) is 33.0. The molecule has 0 aliphatic carbocycles. The summed E-state index contributed by atoms with van der Waals surface area (Å²) in [6.45, 7) is 5.57. The third kappa shape index (κ3) is 2.94. The van der Waals surface area contributed by atoms with Crippen molar-refractivity contribution in [3.63, 3.8) is 0 Å². The molecule has 0 amide bonds. The van der Waals surface area contributed by atoms with Gasteiger partial charge in [0.25, 0.3) is 0 Å². The first kappa shape index (κ1) is 10.4. The number of rotatable bonds is 4. The minimum atomic E-state index is 0.738. The molecule has 3 heteroatoms. The molecule has 0 bridgehead atoms. The van der Waals surface area contributed by atoms with Gasteiger partial charge in [0.2, 0.25) is 0 Å². The largest absolute Gasteiger partial charge is 0.381 e. The summed E-state index contributed by atoms with van der Waals surface area (Å²) in [6, 6.07) is 0.738. The van der Waals surface area contributed by atoms with Gasteiger partial charge in [0, 0.05) is 25.7 Å². The van der Waals surface area contributed by atoms with E-state index in [1.54, 1.807) is 0 Å². The Morgan fingerprint density at radius 1 is 1.36 bits per heavy atom. The van der Waals surface area contributed by atoms with Crippen molar-refractivity contribution in [2.75, 3.05) is 39.9 Å². The Kier molecular flexibility index (Phi) is 3.79. The number of nitrogens with zero attached hydrogens (tertiary/aromatic N) is 1. The lowest BCUT2D eigenvalue weighted by molar-refractivity contribution is 0.172. The van der Waals surface area contributed by atoms with Gasteiger partial charge in [-0.1, -0.05) is 0 Å². The van der Waals surface area contributed by atoms with E-state index in [9.17, 15) is 0 Å². The fourth-order valence-corrected chi connectivity index (χ4v) is 2.53. The van der Waals surface area contributed by atoms with Crippen LogP contribution < -0.4 is 5.32 Å². The van der Waals surface area contributed by atoms with Crippen LogP contribution in [0.2, 0.25) is 0 Å². The highest BCUT2D eigenvalue weighted by atomic mass is 16.5. The molecule has 2 fully saturated rings. The van der Waals surface area contributed by atoms with Crippen LogP contribution in [0.15, 0.2) is 0 Å². The Morgan fingerprint density at radius 2 is 2.29 bits per heavy atom. The van der Waals surface area contributed by atoms with Crippen LogP contribution in [0.5, 0.6) is 0 Å². The van der Waals surface area contributed by atoms with Crippen molar-refractivity contribution in [3.05, 3.63) is 0 Å². The van der Waals surface area contributed by atoms with Crippen LogP contribution in [0, 0.1) is 5.92 Å². The van der Waals surface area contributed by atoms with Crippen LogP contribution in [0.4, 0.5) is 0 Å². The number of hydrogen-bond donors (Lipinski definition) is 1. The van der Waals surface area contributed by atoms with Gasteiger partial charge in [-0.25, -0.2) is 0 Å². The molecular weight excluding hydrogens is 176 g/mol. The van der Waals surface area contributed by atoms with E-state index in [0.717, 1.165) is 25.2 Å². The highest BCUT2D eigenvalue weighted by Gasteiger charge is 2.20. The zero-order valence-corrected chi connectivity index (χ0v) is 9.17. The van der Waals surface area contributed by atoms with Crippen molar-refractivity contribution >= 4 is 0 Å². The molecule has 2 aliphatic rings. The van der Waals surface area contributed by atoms with Crippen LogP contribution in [-0.2, 0) is 4.74 Å². The van der Waals surface area contributed by atoms with Gasteiger partial charge in [-0.05, 0) is 38.8 Å². The molecule has 82 valence electrons. The molecule has 0 aromatic heterocycles. The summed E-state index contributed by atoms with van der Waals surface area (Å²) in [5, 5.41) is 3.54. The molecule has 0 aromatic carbocycles. The Morgan fingerprint density at radius 3 is 2.93 bits per heavy atom. The van der Waals surface area contributed by atoms with Crippen molar-refractivity contribution in [1.82, 2.24) is 10.2 Å². The minimum absolute atomic E-state index is 0.738. The van der Waals surface area contributed by atoms with Crippen LogP contribution >= 0.6 is 0 Å². The Labute approximate surface area is 86.8 Å². The second-order valence-electron chi connectivity index (χ2n) is 4.74. The maximum Gasteiger partial charge on any atom is 0.0507 e. The molecule has 0 saturated carbocycles. The summed E-state index contributed by atoms with van der Waals surface area (Å²) < 4.78 is 5.39. The fourth-order valence-electron chi connectivity index (χ4n) is 2.53. The molecule has 1 N–H and O–H groups in total. The molecule has 0 aromatic rings.